The van der Waals surface area contributed by atoms with Gasteiger partial charge >= 0.3 is 11.8 Å². The third kappa shape index (κ3) is 4.73. The lowest BCUT2D eigenvalue weighted by Crippen LogP contribution is -2.37. The molecule has 144 valence electrons. The lowest BCUT2D eigenvalue weighted by molar-refractivity contribution is -0.139. The molecule has 0 aliphatic carbocycles. The summed E-state index contributed by atoms with van der Waals surface area (Å²) in [7, 11) is 0. The van der Waals surface area contributed by atoms with Gasteiger partial charge in [0.15, 0.2) is 0 Å². The van der Waals surface area contributed by atoms with Gasteiger partial charge in [-0.15, -0.1) is 0 Å². The first-order chi connectivity index (χ1) is 13.5. The van der Waals surface area contributed by atoms with Crippen molar-refractivity contribution in [1.82, 2.24) is 20.5 Å². The number of aryl methyl sites for hydroxylation is 1. The van der Waals surface area contributed by atoms with Crippen molar-refractivity contribution < 1.29 is 14.0 Å². The number of carbonyl (C=O) groups is 2. The molecule has 2 aromatic heterocycles. The van der Waals surface area contributed by atoms with Gasteiger partial charge in [0, 0.05) is 11.3 Å². The van der Waals surface area contributed by atoms with E-state index in [1.807, 2.05) is 48.9 Å². The molecule has 0 bridgehead atoms. The summed E-state index contributed by atoms with van der Waals surface area (Å²) in [5.41, 5.74) is 5.86. The Morgan fingerprint density at radius 1 is 1.14 bits per heavy atom. The number of rotatable bonds is 6. The van der Waals surface area contributed by atoms with Crippen molar-refractivity contribution in [3.63, 3.8) is 0 Å². The van der Waals surface area contributed by atoms with E-state index in [2.05, 4.69) is 20.9 Å². The molecule has 2 N–H and O–H groups in total. The van der Waals surface area contributed by atoms with E-state index in [1.165, 1.54) is 12.5 Å². The van der Waals surface area contributed by atoms with Crippen molar-refractivity contribution in [2.75, 3.05) is 0 Å². The Morgan fingerprint density at radius 2 is 1.93 bits per heavy atom. The van der Waals surface area contributed by atoms with Crippen LogP contribution in [0.5, 0.6) is 0 Å². The number of aromatic nitrogens is 2. The van der Waals surface area contributed by atoms with Crippen molar-refractivity contribution >= 4 is 18.0 Å². The highest BCUT2D eigenvalue weighted by atomic mass is 16.3. The van der Waals surface area contributed by atoms with E-state index in [-0.39, 0.29) is 6.54 Å². The fraction of sp³-hybridized carbons (Fsp3) is 0.200. The van der Waals surface area contributed by atoms with Crippen molar-refractivity contribution in [3.8, 4) is 0 Å². The summed E-state index contributed by atoms with van der Waals surface area (Å²) in [5, 5.41) is 10.9. The fourth-order valence-corrected chi connectivity index (χ4v) is 2.67. The number of hydrazone groups is 1. The van der Waals surface area contributed by atoms with Crippen molar-refractivity contribution in [2.24, 2.45) is 5.10 Å². The highest BCUT2D eigenvalue weighted by Gasteiger charge is 2.14. The molecule has 28 heavy (non-hydrogen) atoms. The normalized spacial score (nSPS) is 10.9. The number of furan rings is 1. The Morgan fingerprint density at radius 3 is 2.64 bits per heavy atom. The van der Waals surface area contributed by atoms with Crippen molar-refractivity contribution in [2.45, 2.75) is 26.9 Å². The molecule has 1 aromatic carbocycles. The van der Waals surface area contributed by atoms with Crippen LogP contribution in [0.1, 0.15) is 28.3 Å². The molecule has 0 radical (unpaired) electrons. The molecule has 0 fully saturated rings. The third-order valence-corrected chi connectivity index (χ3v) is 4.18. The molecule has 0 saturated carbocycles. The molecule has 0 aliphatic rings. The minimum absolute atomic E-state index is 0.132. The summed E-state index contributed by atoms with van der Waals surface area (Å²) < 4.78 is 6.97. The minimum atomic E-state index is -0.852. The number of carbonyl (C=O) groups excluding carboxylic acids is 2. The van der Waals surface area contributed by atoms with Crippen LogP contribution in [0, 0.1) is 13.8 Å². The predicted octanol–water partition coefficient (Wildman–Crippen LogP) is 1.91. The van der Waals surface area contributed by atoms with E-state index >= 15 is 0 Å². The highest BCUT2D eigenvalue weighted by molar-refractivity contribution is 6.35. The summed E-state index contributed by atoms with van der Waals surface area (Å²) in [4.78, 5) is 23.6. The first kappa shape index (κ1) is 19.1. The molecule has 2 amide bonds. The van der Waals surface area contributed by atoms with Crippen LogP contribution < -0.4 is 10.7 Å². The summed E-state index contributed by atoms with van der Waals surface area (Å²) in [6.07, 6.45) is 2.99. The first-order valence-electron chi connectivity index (χ1n) is 8.76. The lowest BCUT2D eigenvalue weighted by Gasteiger charge is -2.04. The van der Waals surface area contributed by atoms with Crippen LogP contribution in [0.4, 0.5) is 0 Å². The van der Waals surface area contributed by atoms with Crippen LogP contribution in [0.25, 0.3) is 0 Å². The second-order valence-electron chi connectivity index (χ2n) is 6.19. The zero-order valence-electron chi connectivity index (χ0n) is 15.7. The number of benzene rings is 1. The third-order valence-electron chi connectivity index (χ3n) is 4.18. The molecule has 0 saturated heterocycles. The molecule has 0 unspecified atom stereocenters. The number of nitrogens with one attached hydrogen (secondary N) is 2. The average Bonchev–Trinajstić information content (AvgIpc) is 3.30. The van der Waals surface area contributed by atoms with E-state index in [0.717, 1.165) is 22.5 Å². The molecular weight excluding hydrogens is 358 g/mol. The maximum absolute atomic E-state index is 11.8. The average molecular weight is 379 g/mol. The zero-order valence-corrected chi connectivity index (χ0v) is 15.7. The van der Waals surface area contributed by atoms with Crippen LogP contribution in [-0.2, 0) is 22.7 Å². The summed E-state index contributed by atoms with van der Waals surface area (Å²) in [5.74, 6) is -1.08. The van der Waals surface area contributed by atoms with Crippen LogP contribution in [0.15, 0.2) is 58.2 Å². The number of amides is 2. The molecule has 2 heterocycles. The monoisotopic (exact) mass is 379 g/mol. The second kappa shape index (κ2) is 8.81. The van der Waals surface area contributed by atoms with Gasteiger partial charge in [-0.25, -0.2) is 5.43 Å². The topological polar surface area (TPSA) is 102 Å². The largest absolute Gasteiger partial charge is 0.467 e. The van der Waals surface area contributed by atoms with E-state index in [0.29, 0.717) is 12.3 Å². The van der Waals surface area contributed by atoms with Gasteiger partial charge in [-0.05, 0) is 31.5 Å². The Kier molecular flexibility index (Phi) is 6.01. The fourth-order valence-electron chi connectivity index (χ4n) is 2.67. The number of hydrogen-bond acceptors (Lipinski definition) is 5. The first-order valence-corrected chi connectivity index (χ1v) is 8.76. The van der Waals surface area contributed by atoms with E-state index in [4.69, 9.17) is 4.42 Å². The quantitative estimate of drug-likeness (QED) is 0.388. The van der Waals surface area contributed by atoms with Gasteiger partial charge < -0.3 is 9.73 Å². The minimum Gasteiger partial charge on any atom is -0.467 e. The van der Waals surface area contributed by atoms with E-state index < -0.39 is 11.8 Å². The van der Waals surface area contributed by atoms with Gasteiger partial charge in [0.1, 0.15) is 5.76 Å². The van der Waals surface area contributed by atoms with E-state index in [1.54, 1.807) is 12.1 Å². The number of hydrogen-bond donors (Lipinski definition) is 2. The molecule has 8 nitrogen and oxygen atoms in total. The maximum atomic E-state index is 11.8. The second-order valence-corrected chi connectivity index (χ2v) is 6.19. The Balaban J connectivity index is 1.57. The highest BCUT2D eigenvalue weighted by Crippen LogP contribution is 2.12. The van der Waals surface area contributed by atoms with Crippen LogP contribution in [-0.4, -0.2) is 27.8 Å². The summed E-state index contributed by atoms with van der Waals surface area (Å²) in [6.45, 7) is 4.58. The van der Waals surface area contributed by atoms with Crippen molar-refractivity contribution in [3.05, 3.63) is 77.0 Å². The van der Waals surface area contributed by atoms with Gasteiger partial charge in [-0.2, -0.15) is 10.2 Å². The van der Waals surface area contributed by atoms with Gasteiger partial charge in [0.2, 0.25) is 0 Å². The zero-order chi connectivity index (χ0) is 19.9. The van der Waals surface area contributed by atoms with Gasteiger partial charge in [-0.1, -0.05) is 30.3 Å². The predicted molar refractivity (Wildman–Crippen MR) is 104 cm³/mol. The van der Waals surface area contributed by atoms with Crippen LogP contribution in [0.3, 0.4) is 0 Å². The molecule has 0 atom stereocenters. The maximum Gasteiger partial charge on any atom is 0.329 e. The van der Waals surface area contributed by atoms with Crippen LogP contribution in [0.2, 0.25) is 0 Å². The molecule has 8 heteroatoms. The molecule has 3 aromatic rings. The number of nitrogens with zero attached hydrogens (tertiary/aromatic N) is 3. The van der Waals surface area contributed by atoms with Gasteiger partial charge in [0.25, 0.3) is 0 Å². The van der Waals surface area contributed by atoms with Crippen LogP contribution >= 0.6 is 0 Å². The Bertz CT molecular complexity index is 975. The standard InChI is InChI=1S/C20H21N5O3/c1-14-18(15(2)25(24-14)13-16-7-4-3-5-8-16)12-22-23-20(27)19(26)21-11-17-9-6-10-28-17/h3-10,12H,11,13H2,1-2H3,(H,21,26)(H,23,27)/b22-12-. The molecule has 0 spiro atoms. The molecule has 3 rings (SSSR count). The Hall–Kier alpha value is -3.68. The SMILES string of the molecule is Cc1nn(Cc2ccccc2)c(C)c1/C=N\NC(=O)C(=O)NCc1ccco1. The smallest absolute Gasteiger partial charge is 0.329 e. The molecular formula is C20H21N5O3. The lowest BCUT2D eigenvalue weighted by atomic mass is 10.2. The van der Waals surface area contributed by atoms with Gasteiger partial charge in [0.05, 0.1) is 31.3 Å². The molecule has 0 aliphatic heterocycles. The summed E-state index contributed by atoms with van der Waals surface area (Å²) in [6, 6.07) is 13.4. The van der Waals surface area contributed by atoms with Gasteiger partial charge in [-0.3, -0.25) is 14.3 Å². The van der Waals surface area contributed by atoms with Crippen molar-refractivity contribution in [1.29, 1.82) is 0 Å². The van der Waals surface area contributed by atoms with E-state index in [9.17, 15) is 9.59 Å². The Labute approximate surface area is 162 Å². The summed E-state index contributed by atoms with van der Waals surface area (Å²) >= 11 is 0.